The van der Waals surface area contributed by atoms with Crippen LogP contribution in [-0.4, -0.2) is 46.1 Å². The molecule has 3 aromatic rings. The lowest BCUT2D eigenvalue weighted by Gasteiger charge is -2.29. The van der Waals surface area contributed by atoms with E-state index < -0.39 is 0 Å². The fraction of sp³-hybridized carbons (Fsp3) is 0.478. The Labute approximate surface area is 193 Å². The van der Waals surface area contributed by atoms with Crippen molar-refractivity contribution in [2.45, 2.75) is 38.5 Å². The van der Waals surface area contributed by atoms with Gasteiger partial charge in [-0.05, 0) is 37.0 Å². The monoisotopic (exact) mass is 455 g/mol. The van der Waals surface area contributed by atoms with Crippen LogP contribution in [0.15, 0.2) is 35.4 Å². The molecule has 1 aliphatic carbocycles. The molecule has 1 saturated carbocycles. The predicted octanol–water partition coefficient (Wildman–Crippen LogP) is 3.41. The van der Waals surface area contributed by atoms with E-state index in [0.717, 1.165) is 61.6 Å². The fourth-order valence-corrected chi connectivity index (χ4v) is 4.63. The van der Waals surface area contributed by atoms with Crippen molar-refractivity contribution in [3.05, 3.63) is 46.5 Å². The number of aromatic amines is 1. The van der Waals surface area contributed by atoms with E-state index in [1.54, 1.807) is 6.20 Å². The highest BCUT2D eigenvalue weighted by Crippen LogP contribution is 2.28. The van der Waals surface area contributed by atoms with Gasteiger partial charge < -0.3 is 20.5 Å². The first kappa shape index (κ1) is 22.5. The summed E-state index contributed by atoms with van der Waals surface area (Å²) in [6, 6.07) is 5.92. The SMILES string of the molecule is Cl.O=c1[nH]c2nc(Nc3ccc(N4CCNCC4)cn3)ncc2cc1CCC1CCCC1. The van der Waals surface area contributed by atoms with Crippen molar-refractivity contribution in [1.82, 2.24) is 25.3 Å². The zero-order valence-corrected chi connectivity index (χ0v) is 19.0. The molecule has 5 rings (SSSR count). The Balaban J connectivity index is 0.00000245. The predicted molar refractivity (Wildman–Crippen MR) is 130 cm³/mol. The van der Waals surface area contributed by atoms with Gasteiger partial charge in [-0.2, -0.15) is 4.98 Å². The van der Waals surface area contributed by atoms with Gasteiger partial charge in [0.05, 0.1) is 11.9 Å². The van der Waals surface area contributed by atoms with Crippen molar-refractivity contribution in [3.63, 3.8) is 0 Å². The highest BCUT2D eigenvalue weighted by Gasteiger charge is 2.16. The molecule has 1 saturated heterocycles. The van der Waals surface area contributed by atoms with Crippen LogP contribution in [0.1, 0.15) is 37.7 Å². The highest BCUT2D eigenvalue weighted by atomic mass is 35.5. The first-order valence-corrected chi connectivity index (χ1v) is 11.3. The summed E-state index contributed by atoms with van der Waals surface area (Å²) in [7, 11) is 0. The van der Waals surface area contributed by atoms with Crippen molar-refractivity contribution in [3.8, 4) is 0 Å². The molecule has 1 aliphatic heterocycles. The van der Waals surface area contributed by atoms with E-state index in [9.17, 15) is 4.79 Å². The standard InChI is InChI=1S/C23H29N7O.ClH/c31-22-17(6-5-16-3-1-2-4-16)13-18-14-26-23(29-21(18)28-22)27-20-8-7-19(15-25-20)30-11-9-24-10-12-30;/h7-8,13-16,24H,1-6,9-12H2,(H2,25,26,27,28,29,31);1H. The highest BCUT2D eigenvalue weighted by molar-refractivity contribution is 5.85. The minimum atomic E-state index is -0.0475. The second-order valence-corrected chi connectivity index (χ2v) is 8.57. The van der Waals surface area contributed by atoms with Crippen molar-refractivity contribution in [2.75, 3.05) is 36.4 Å². The summed E-state index contributed by atoms with van der Waals surface area (Å²) in [5.74, 6) is 1.86. The largest absolute Gasteiger partial charge is 0.368 e. The van der Waals surface area contributed by atoms with Gasteiger partial charge in [0.1, 0.15) is 11.5 Å². The third kappa shape index (κ3) is 5.19. The fourth-order valence-electron chi connectivity index (χ4n) is 4.63. The summed E-state index contributed by atoms with van der Waals surface area (Å²) < 4.78 is 0. The number of piperazine rings is 1. The third-order valence-corrected chi connectivity index (χ3v) is 6.44. The van der Waals surface area contributed by atoms with Gasteiger partial charge >= 0.3 is 0 Å². The molecule has 8 nitrogen and oxygen atoms in total. The van der Waals surface area contributed by atoms with Gasteiger partial charge in [-0.15, -0.1) is 12.4 Å². The quantitative estimate of drug-likeness (QED) is 0.523. The number of fused-ring (bicyclic) bond motifs is 1. The Hall–Kier alpha value is -2.71. The van der Waals surface area contributed by atoms with E-state index in [4.69, 9.17) is 0 Å². The van der Waals surface area contributed by atoms with Gasteiger partial charge in [0, 0.05) is 43.3 Å². The molecule has 170 valence electrons. The molecule has 0 radical (unpaired) electrons. The van der Waals surface area contributed by atoms with Crippen LogP contribution >= 0.6 is 12.4 Å². The summed E-state index contributed by atoms with van der Waals surface area (Å²) in [5.41, 5.74) is 2.44. The molecule has 0 spiro atoms. The molecule has 3 N–H and O–H groups in total. The first-order valence-electron chi connectivity index (χ1n) is 11.3. The lowest BCUT2D eigenvalue weighted by atomic mass is 9.98. The molecule has 2 aliphatic rings. The number of hydrogen-bond donors (Lipinski definition) is 3. The zero-order valence-electron chi connectivity index (χ0n) is 18.1. The number of aryl methyl sites for hydroxylation is 1. The third-order valence-electron chi connectivity index (χ3n) is 6.44. The molecule has 4 heterocycles. The van der Waals surface area contributed by atoms with Crippen LogP contribution in [0.4, 0.5) is 17.5 Å². The lowest BCUT2D eigenvalue weighted by molar-refractivity contribution is 0.503. The maximum Gasteiger partial charge on any atom is 0.252 e. The average Bonchev–Trinajstić information content (AvgIpc) is 3.32. The van der Waals surface area contributed by atoms with Crippen LogP contribution in [0.2, 0.25) is 0 Å². The smallest absolute Gasteiger partial charge is 0.252 e. The summed E-state index contributed by atoms with van der Waals surface area (Å²) in [5, 5.41) is 7.35. The van der Waals surface area contributed by atoms with E-state index in [1.807, 2.05) is 18.3 Å². The minimum Gasteiger partial charge on any atom is -0.368 e. The van der Waals surface area contributed by atoms with E-state index in [0.29, 0.717) is 17.4 Å². The van der Waals surface area contributed by atoms with E-state index in [1.165, 1.54) is 25.7 Å². The molecule has 2 fully saturated rings. The number of anilines is 3. The average molecular weight is 456 g/mol. The molecule has 0 aromatic carbocycles. The Kier molecular flexibility index (Phi) is 7.22. The van der Waals surface area contributed by atoms with E-state index in [2.05, 4.69) is 41.5 Å². The minimum absolute atomic E-state index is 0. The van der Waals surface area contributed by atoms with E-state index in [-0.39, 0.29) is 18.0 Å². The van der Waals surface area contributed by atoms with Crippen molar-refractivity contribution >= 4 is 40.9 Å². The molecule has 9 heteroatoms. The number of aromatic nitrogens is 4. The van der Waals surface area contributed by atoms with Crippen molar-refractivity contribution in [1.29, 1.82) is 0 Å². The summed E-state index contributed by atoms with van der Waals surface area (Å²) in [6.45, 7) is 3.95. The zero-order chi connectivity index (χ0) is 21.0. The molecular weight excluding hydrogens is 426 g/mol. The number of nitrogens with zero attached hydrogens (tertiary/aromatic N) is 4. The van der Waals surface area contributed by atoms with Crippen LogP contribution in [0.5, 0.6) is 0 Å². The van der Waals surface area contributed by atoms with Crippen molar-refractivity contribution in [2.24, 2.45) is 5.92 Å². The van der Waals surface area contributed by atoms with Gasteiger partial charge in [-0.25, -0.2) is 9.97 Å². The molecule has 0 bridgehead atoms. The number of nitrogens with one attached hydrogen (secondary N) is 3. The molecule has 32 heavy (non-hydrogen) atoms. The second kappa shape index (κ2) is 10.3. The van der Waals surface area contributed by atoms with Crippen LogP contribution in [0, 0.1) is 5.92 Å². The van der Waals surface area contributed by atoms with Crippen LogP contribution < -0.4 is 21.1 Å². The number of hydrogen-bond acceptors (Lipinski definition) is 7. The van der Waals surface area contributed by atoms with Gasteiger partial charge in [0.25, 0.3) is 5.56 Å². The Morgan fingerprint density at radius 3 is 2.66 bits per heavy atom. The Morgan fingerprint density at radius 2 is 1.91 bits per heavy atom. The maximum atomic E-state index is 12.5. The number of rotatable bonds is 6. The van der Waals surface area contributed by atoms with Crippen molar-refractivity contribution < 1.29 is 0 Å². The van der Waals surface area contributed by atoms with Crippen LogP contribution in [0.25, 0.3) is 11.0 Å². The molecule has 0 amide bonds. The molecule has 0 atom stereocenters. The van der Waals surface area contributed by atoms with Gasteiger partial charge in [-0.1, -0.05) is 25.7 Å². The van der Waals surface area contributed by atoms with Crippen LogP contribution in [-0.2, 0) is 6.42 Å². The van der Waals surface area contributed by atoms with Gasteiger partial charge in [0.15, 0.2) is 0 Å². The maximum absolute atomic E-state index is 12.5. The normalized spacial score (nSPS) is 16.8. The molecule has 0 unspecified atom stereocenters. The van der Waals surface area contributed by atoms with Crippen LogP contribution in [0.3, 0.4) is 0 Å². The van der Waals surface area contributed by atoms with E-state index >= 15 is 0 Å². The van der Waals surface area contributed by atoms with Gasteiger partial charge in [0.2, 0.25) is 5.95 Å². The lowest BCUT2D eigenvalue weighted by Crippen LogP contribution is -2.43. The summed E-state index contributed by atoms with van der Waals surface area (Å²) >= 11 is 0. The molecule has 3 aromatic heterocycles. The summed E-state index contributed by atoms with van der Waals surface area (Å²) in [4.78, 5) is 31.2. The first-order chi connectivity index (χ1) is 15.2. The van der Waals surface area contributed by atoms with Gasteiger partial charge in [-0.3, -0.25) is 4.79 Å². The second-order valence-electron chi connectivity index (χ2n) is 8.57. The Bertz CT molecular complexity index is 1090. The number of H-pyrrole nitrogens is 1. The molecular formula is C23H30ClN7O. The number of pyridine rings is 2. The topological polar surface area (TPSA) is 98.8 Å². The number of halogens is 1. The summed E-state index contributed by atoms with van der Waals surface area (Å²) in [6.07, 6.45) is 10.8. The Morgan fingerprint density at radius 1 is 1.09 bits per heavy atom.